The molecule has 144 valence electrons. The molecule has 0 aromatic rings. The molecule has 0 aliphatic rings. The third-order valence-corrected chi connectivity index (χ3v) is 2.89. The van der Waals surface area contributed by atoms with E-state index in [4.69, 9.17) is 0 Å². The van der Waals surface area contributed by atoms with Crippen LogP contribution in [-0.4, -0.2) is 35.8 Å². The van der Waals surface area contributed by atoms with E-state index in [1.807, 2.05) is 0 Å². The Hall–Kier alpha value is -0.760. The van der Waals surface area contributed by atoms with Crippen molar-refractivity contribution in [3.63, 3.8) is 0 Å². The Bertz CT molecular complexity index is 518. The Morgan fingerprint density at radius 2 is 0.833 bits per heavy atom. The minimum absolute atomic E-state index is 0.0398. The van der Waals surface area contributed by atoms with Crippen molar-refractivity contribution in [2.75, 3.05) is 0 Å². The zero-order valence-electron chi connectivity index (χ0n) is 10.0. The van der Waals surface area contributed by atoms with Crippen molar-refractivity contribution in [2.24, 2.45) is 0 Å². The van der Waals surface area contributed by atoms with Crippen LogP contribution in [0.15, 0.2) is 0 Å². The Labute approximate surface area is 130 Å². The summed E-state index contributed by atoms with van der Waals surface area (Å²) in [4.78, 5) is 0. The van der Waals surface area contributed by atoms with Crippen molar-refractivity contribution in [3.05, 3.63) is 0 Å². The molecule has 0 saturated heterocycles. The van der Waals surface area contributed by atoms with Crippen LogP contribution in [0.2, 0.25) is 0 Å². The first-order valence-electron chi connectivity index (χ1n) is 4.68. The number of alkyl halides is 13. The maximum atomic E-state index is 12.8. The van der Waals surface area contributed by atoms with Crippen LogP contribution < -0.4 is 0 Å². The SMILES string of the molecule is FI(F)C#CC(F)(F)C(F)(F)C(F)(F)C(F)(F)C(F)(F)C(F)(F)F. The van der Waals surface area contributed by atoms with Gasteiger partial charge in [0.1, 0.15) is 0 Å². The summed E-state index contributed by atoms with van der Waals surface area (Å²) in [5.74, 6) is -38.8. The van der Waals surface area contributed by atoms with Gasteiger partial charge in [0.15, 0.2) is 0 Å². The average Bonchev–Trinajstić information content (AvgIpc) is 2.34. The summed E-state index contributed by atoms with van der Waals surface area (Å²) in [6, 6.07) is 0. The third kappa shape index (κ3) is 3.45. The molecule has 0 N–H and O–H groups in total. The monoisotopic (exact) mass is 508 g/mol. The van der Waals surface area contributed by atoms with E-state index in [1.54, 1.807) is 0 Å². The van der Waals surface area contributed by atoms with Crippen LogP contribution in [0, 0.1) is 9.85 Å². The second-order valence-electron chi connectivity index (χ2n) is 3.79. The predicted molar refractivity (Wildman–Crippen MR) is 54.8 cm³/mol. The molecule has 0 aliphatic heterocycles. The van der Waals surface area contributed by atoms with E-state index >= 15 is 0 Å². The Balaban J connectivity index is 6.27. The Kier molecular flexibility index (Phi) is 6.00. The molecule has 0 saturated carbocycles. The summed E-state index contributed by atoms with van der Waals surface area (Å²) >= 11 is -5.60. The number of rotatable bonds is 4. The van der Waals surface area contributed by atoms with E-state index in [2.05, 4.69) is 0 Å². The van der Waals surface area contributed by atoms with Crippen LogP contribution in [0.4, 0.5) is 62.8 Å². The molecule has 0 radical (unpaired) electrons. The first-order chi connectivity index (χ1) is 10.2. The fourth-order valence-electron chi connectivity index (χ4n) is 0.943. The molecular weight excluding hydrogens is 508 g/mol. The van der Waals surface area contributed by atoms with Crippen LogP contribution in [0.5, 0.6) is 0 Å². The zero-order chi connectivity index (χ0) is 20.0. The van der Waals surface area contributed by atoms with Crippen molar-refractivity contribution < 1.29 is 62.8 Å². The van der Waals surface area contributed by atoms with Gasteiger partial charge in [0.25, 0.3) is 0 Å². The first kappa shape index (κ1) is 23.2. The van der Waals surface area contributed by atoms with E-state index in [9.17, 15) is 62.8 Å². The quantitative estimate of drug-likeness (QED) is 0.250. The van der Waals surface area contributed by atoms with Crippen molar-refractivity contribution in [1.82, 2.24) is 0 Å². The van der Waals surface area contributed by atoms with Gasteiger partial charge in [-0.05, 0) is 0 Å². The molecule has 0 amide bonds. The van der Waals surface area contributed by atoms with E-state index in [-0.39, 0.29) is 3.93 Å². The van der Waals surface area contributed by atoms with Crippen LogP contribution >= 0.6 is 21.0 Å². The van der Waals surface area contributed by atoms with Gasteiger partial charge < -0.3 is 0 Å². The van der Waals surface area contributed by atoms with Crippen molar-refractivity contribution in [2.45, 2.75) is 35.8 Å². The molecule has 0 bridgehead atoms. The molecule has 0 atom stereocenters. The molecule has 0 nitrogen and oxygen atoms in total. The molecule has 16 heteroatoms. The Morgan fingerprint density at radius 1 is 0.500 bits per heavy atom. The minimum atomic E-state index is -8.06. The molecule has 0 heterocycles. The fourth-order valence-corrected chi connectivity index (χ4v) is 1.49. The normalized spacial score (nSPS) is 15.7. The average molecular weight is 508 g/mol. The van der Waals surface area contributed by atoms with E-state index in [0.717, 1.165) is 0 Å². The Morgan fingerprint density at radius 3 is 1.12 bits per heavy atom. The molecule has 0 fully saturated rings. The van der Waals surface area contributed by atoms with Crippen molar-refractivity contribution >= 4 is 21.0 Å². The topological polar surface area (TPSA) is 0 Å². The van der Waals surface area contributed by atoms with Gasteiger partial charge in [0, 0.05) is 0 Å². The van der Waals surface area contributed by atoms with Crippen molar-refractivity contribution in [3.8, 4) is 9.85 Å². The van der Waals surface area contributed by atoms with Crippen LogP contribution in [0.3, 0.4) is 0 Å². The summed E-state index contributed by atoms with van der Waals surface area (Å²) in [5, 5.41) is 0. The number of halogens is 16. The van der Waals surface area contributed by atoms with E-state index in [0.29, 0.717) is 0 Å². The summed E-state index contributed by atoms with van der Waals surface area (Å²) < 4.78 is 185. The molecule has 0 unspecified atom stereocenters. The molecule has 0 aliphatic carbocycles. The van der Waals surface area contributed by atoms with Gasteiger partial charge >= 0.3 is 129 Å². The second kappa shape index (κ2) is 6.20. The summed E-state index contributed by atoms with van der Waals surface area (Å²) in [5.41, 5.74) is 0. The fraction of sp³-hybridized carbons (Fsp3) is 0.750. The summed E-state index contributed by atoms with van der Waals surface area (Å²) in [7, 11) is 0. The van der Waals surface area contributed by atoms with Crippen LogP contribution in [0.25, 0.3) is 0 Å². The van der Waals surface area contributed by atoms with Crippen LogP contribution in [0.1, 0.15) is 0 Å². The molecular formula is C8F15I. The van der Waals surface area contributed by atoms with Gasteiger partial charge in [-0.3, -0.25) is 0 Å². The standard InChI is InChI=1S/C8F15I/c9-3(10,1-2-24(22)23)4(11,12)5(13,14)6(15,16)7(17,18)8(19,20)21. The molecule has 0 aromatic carbocycles. The molecule has 0 spiro atoms. The van der Waals surface area contributed by atoms with Crippen LogP contribution in [-0.2, 0) is 0 Å². The summed E-state index contributed by atoms with van der Waals surface area (Å²) in [6.07, 6.45) is -7.52. The maximum absolute atomic E-state index is 12.8. The van der Waals surface area contributed by atoms with Gasteiger partial charge in [0.2, 0.25) is 0 Å². The molecule has 0 rings (SSSR count). The van der Waals surface area contributed by atoms with Gasteiger partial charge in [-0.15, -0.1) is 0 Å². The van der Waals surface area contributed by atoms with Gasteiger partial charge in [-0.1, -0.05) is 0 Å². The zero-order valence-corrected chi connectivity index (χ0v) is 12.2. The number of hydrogen-bond donors (Lipinski definition) is 0. The van der Waals surface area contributed by atoms with Gasteiger partial charge in [-0.25, -0.2) is 0 Å². The van der Waals surface area contributed by atoms with Gasteiger partial charge in [0.05, 0.1) is 0 Å². The molecule has 24 heavy (non-hydrogen) atoms. The second-order valence-corrected chi connectivity index (χ2v) is 5.45. The van der Waals surface area contributed by atoms with E-state index in [1.165, 1.54) is 0 Å². The third-order valence-electron chi connectivity index (χ3n) is 2.21. The first-order valence-corrected chi connectivity index (χ1v) is 7.39. The van der Waals surface area contributed by atoms with Gasteiger partial charge in [-0.2, -0.15) is 0 Å². The summed E-state index contributed by atoms with van der Waals surface area (Å²) in [6.45, 7) is 0. The number of hydrogen-bond acceptors (Lipinski definition) is 0. The predicted octanol–water partition coefficient (Wildman–Crippen LogP) is 5.96. The van der Waals surface area contributed by atoms with Crippen molar-refractivity contribution in [1.29, 1.82) is 0 Å². The van der Waals surface area contributed by atoms with E-state index < -0.39 is 62.7 Å². The molecule has 0 aromatic heterocycles.